The summed E-state index contributed by atoms with van der Waals surface area (Å²) in [6.45, 7) is 3.77. The van der Waals surface area contributed by atoms with E-state index in [4.69, 9.17) is 17.3 Å². The quantitative estimate of drug-likeness (QED) is 0.818. The first-order valence-electron chi connectivity index (χ1n) is 4.06. The van der Waals surface area contributed by atoms with Crippen molar-refractivity contribution in [1.82, 2.24) is 8.75 Å². The van der Waals surface area contributed by atoms with E-state index in [-0.39, 0.29) is 11.1 Å². The molecule has 1 atom stereocenters. The molecule has 0 radical (unpaired) electrons. The van der Waals surface area contributed by atoms with Gasteiger partial charge in [0.2, 0.25) is 5.91 Å². The average molecular weight is 235 g/mol. The minimum Gasteiger partial charge on any atom is -0.368 e. The molecule has 5 nitrogen and oxygen atoms in total. The summed E-state index contributed by atoms with van der Waals surface area (Å²) >= 11 is 6.70. The first-order chi connectivity index (χ1) is 6.52. The molecule has 0 fully saturated rings. The van der Waals surface area contributed by atoms with E-state index in [9.17, 15) is 4.79 Å². The second kappa shape index (κ2) is 4.56. The second-order valence-electron chi connectivity index (χ2n) is 3.17. The minimum atomic E-state index is -0.476. The Morgan fingerprint density at radius 2 is 2.21 bits per heavy atom. The molecule has 0 aromatic carbocycles. The van der Waals surface area contributed by atoms with Gasteiger partial charge >= 0.3 is 0 Å². The summed E-state index contributed by atoms with van der Waals surface area (Å²) in [5, 5.41) is 3.12. The van der Waals surface area contributed by atoms with Crippen LogP contribution in [0.4, 0.5) is 5.82 Å². The molecule has 0 saturated heterocycles. The minimum absolute atomic E-state index is 0.0743. The van der Waals surface area contributed by atoms with E-state index in [1.54, 1.807) is 0 Å². The van der Waals surface area contributed by atoms with E-state index in [1.165, 1.54) is 0 Å². The summed E-state index contributed by atoms with van der Waals surface area (Å²) < 4.78 is 7.67. The summed E-state index contributed by atoms with van der Waals surface area (Å²) in [7, 11) is 0. The molecule has 0 aliphatic carbocycles. The van der Waals surface area contributed by atoms with E-state index < -0.39 is 11.9 Å². The maximum absolute atomic E-state index is 11.1. The molecule has 1 aromatic heterocycles. The largest absolute Gasteiger partial charge is 0.368 e. The van der Waals surface area contributed by atoms with Gasteiger partial charge in [-0.05, 0) is 5.92 Å². The molecule has 0 aliphatic heterocycles. The predicted molar refractivity (Wildman–Crippen MR) is 56.4 cm³/mol. The number of amides is 1. The Labute approximate surface area is 91.0 Å². The molecular formula is C7H11ClN4OS. The fourth-order valence-corrected chi connectivity index (χ4v) is 1.64. The summed E-state index contributed by atoms with van der Waals surface area (Å²) in [5.74, 6) is 0.0588. The maximum Gasteiger partial charge on any atom is 0.240 e. The van der Waals surface area contributed by atoms with Crippen LogP contribution in [0.1, 0.15) is 13.8 Å². The van der Waals surface area contributed by atoms with Gasteiger partial charge in [0.05, 0.1) is 11.7 Å². The Kier molecular flexibility index (Phi) is 3.65. The number of primary amides is 1. The zero-order chi connectivity index (χ0) is 10.7. The molecule has 1 unspecified atom stereocenters. The summed E-state index contributed by atoms with van der Waals surface area (Å²) in [6, 6.07) is -0.476. The van der Waals surface area contributed by atoms with Crippen molar-refractivity contribution in [3.8, 4) is 0 Å². The van der Waals surface area contributed by atoms with Crippen molar-refractivity contribution in [2.45, 2.75) is 19.9 Å². The van der Waals surface area contributed by atoms with Gasteiger partial charge in [-0.2, -0.15) is 8.75 Å². The summed E-state index contributed by atoms with van der Waals surface area (Å²) in [6.07, 6.45) is 0. The average Bonchev–Trinajstić information content (AvgIpc) is 2.46. The van der Waals surface area contributed by atoms with E-state index >= 15 is 0 Å². The van der Waals surface area contributed by atoms with Crippen LogP contribution in [0, 0.1) is 5.92 Å². The smallest absolute Gasteiger partial charge is 0.240 e. The third kappa shape index (κ3) is 2.55. The van der Waals surface area contributed by atoms with Crippen LogP contribution in [-0.4, -0.2) is 20.7 Å². The van der Waals surface area contributed by atoms with Crippen LogP contribution in [-0.2, 0) is 4.79 Å². The normalized spacial score (nSPS) is 12.9. The first kappa shape index (κ1) is 11.2. The van der Waals surface area contributed by atoms with Crippen LogP contribution in [0.25, 0.3) is 0 Å². The maximum atomic E-state index is 11.1. The molecule has 1 aromatic rings. The first-order valence-corrected chi connectivity index (χ1v) is 5.17. The number of carbonyl (C=O) groups is 1. The number of rotatable bonds is 4. The number of nitrogens with two attached hydrogens (primary N) is 1. The standard InChI is InChI=1S/C7H11ClN4OS/c1-3(2)4(6(9)13)10-7-5(8)11-14-12-7/h3-4H,1-2H3,(H2,9,13)(H,10,12). The van der Waals surface area contributed by atoms with Crippen LogP contribution in [0.15, 0.2) is 0 Å². The SMILES string of the molecule is CC(C)C(Nc1nsnc1Cl)C(N)=O. The van der Waals surface area contributed by atoms with Crippen molar-refractivity contribution < 1.29 is 4.79 Å². The number of halogens is 1. The highest BCUT2D eigenvalue weighted by molar-refractivity contribution is 6.99. The molecule has 1 rings (SSSR count). The fraction of sp³-hybridized carbons (Fsp3) is 0.571. The highest BCUT2D eigenvalue weighted by Gasteiger charge is 2.21. The molecule has 7 heteroatoms. The molecular weight excluding hydrogens is 224 g/mol. The van der Waals surface area contributed by atoms with Crippen molar-refractivity contribution in [1.29, 1.82) is 0 Å². The molecule has 0 saturated carbocycles. The Hall–Kier alpha value is -0.880. The van der Waals surface area contributed by atoms with E-state index in [2.05, 4.69) is 14.1 Å². The third-order valence-electron chi connectivity index (χ3n) is 1.71. The van der Waals surface area contributed by atoms with Gasteiger partial charge in [-0.15, -0.1) is 0 Å². The molecule has 0 bridgehead atoms. The summed E-state index contributed by atoms with van der Waals surface area (Å²) in [5.41, 5.74) is 5.21. The van der Waals surface area contributed by atoms with Crippen LogP contribution < -0.4 is 11.1 Å². The van der Waals surface area contributed by atoms with Gasteiger partial charge < -0.3 is 11.1 Å². The van der Waals surface area contributed by atoms with Gasteiger partial charge in [0.1, 0.15) is 6.04 Å². The number of nitrogens with zero attached hydrogens (tertiary/aromatic N) is 2. The lowest BCUT2D eigenvalue weighted by Crippen LogP contribution is -2.39. The number of carbonyl (C=O) groups excluding carboxylic acids is 1. The van der Waals surface area contributed by atoms with Gasteiger partial charge in [-0.1, -0.05) is 25.4 Å². The second-order valence-corrected chi connectivity index (χ2v) is 4.06. The lowest BCUT2D eigenvalue weighted by molar-refractivity contribution is -0.119. The van der Waals surface area contributed by atoms with Crippen molar-refractivity contribution in [3.05, 3.63) is 5.15 Å². The third-order valence-corrected chi connectivity index (χ3v) is 2.61. The zero-order valence-corrected chi connectivity index (χ0v) is 9.39. The lowest BCUT2D eigenvalue weighted by atomic mass is 10.0. The van der Waals surface area contributed by atoms with Gasteiger partial charge in [0.25, 0.3) is 0 Å². The van der Waals surface area contributed by atoms with E-state index in [1.807, 2.05) is 13.8 Å². The topological polar surface area (TPSA) is 80.9 Å². The number of nitrogens with one attached hydrogen (secondary N) is 1. The Bertz CT molecular complexity index is 327. The molecule has 1 amide bonds. The van der Waals surface area contributed by atoms with E-state index in [0.29, 0.717) is 5.82 Å². The van der Waals surface area contributed by atoms with Crippen LogP contribution >= 0.6 is 23.3 Å². The zero-order valence-electron chi connectivity index (χ0n) is 7.82. The monoisotopic (exact) mass is 234 g/mol. The molecule has 1 heterocycles. The Morgan fingerprint density at radius 1 is 1.57 bits per heavy atom. The van der Waals surface area contributed by atoms with Gasteiger partial charge in [-0.25, -0.2) is 0 Å². The van der Waals surface area contributed by atoms with Gasteiger partial charge in [0.15, 0.2) is 11.0 Å². The number of aromatic nitrogens is 2. The fourth-order valence-electron chi connectivity index (χ4n) is 0.978. The lowest BCUT2D eigenvalue weighted by Gasteiger charge is -2.18. The number of hydrogen-bond donors (Lipinski definition) is 2. The Balaban J connectivity index is 2.75. The van der Waals surface area contributed by atoms with Gasteiger partial charge in [-0.3, -0.25) is 4.79 Å². The van der Waals surface area contributed by atoms with Crippen molar-refractivity contribution in [2.24, 2.45) is 11.7 Å². The highest BCUT2D eigenvalue weighted by Crippen LogP contribution is 2.20. The van der Waals surface area contributed by atoms with Crippen molar-refractivity contribution in [2.75, 3.05) is 5.32 Å². The molecule has 78 valence electrons. The van der Waals surface area contributed by atoms with Crippen molar-refractivity contribution >= 4 is 35.1 Å². The van der Waals surface area contributed by atoms with Crippen LogP contribution in [0.5, 0.6) is 0 Å². The van der Waals surface area contributed by atoms with Gasteiger partial charge in [0, 0.05) is 0 Å². The number of anilines is 1. The number of hydrogen-bond acceptors (Lipinski definition) is 5. The van der Waals surface area contributed by atoms with E-state index in [0.717, 1.165) is 11.7 Å². The van der Waals surface area contributed by atoms with Crippen LogP contribution in [0.3, 0.4) is 0 Å². The molecule has 0 aliphatic rings. The Morgan fingerprint density at radius 3 is 2.57 bits per heavy atom. The highest BCUT2D eigenvalue weighted by atomic mass is 35.5. The van der Waals surface area contributed by atoms with Crippen molar-refractivity contribution in [3.63, 3.8) is 0 Å². The molecule has 0 spiro atoms. The molecule has 3 N–H and O–H groups in total. The molecule has 14 heavy (non-hydrogen) atoms. The predicted octanol–water partition coefficient (Wildman–Crippen LogP) is 1.11. The van der Waals surface area contributed by atoms with Crippen LogP contribution in [0.2, 0.25) is 5.15 Å². The summed E-state index contributed by atoms with van der Waals surface area (Å²) in [4.78, 5) is 11.1.